The van der Waals surface area contributed by atoms with E-state index in [4.69, 9.17) is 9.15 Å². The summed E-state index contributed by atoms with van der Waals surface area (Å²) >= 11 is 0. The summed E-state index contributed by atoms with van der Waals surface area (Å²) in [5.41, 5.74) is 0. The predicted molar refractivity (Wildman–Crippen MR) is 49.6 cm³/mol. The number of nitrogens with one attached hydrogen (secondary N) is 1. The first-order valence-electron chi connectivity index (χ1n) is 4.71. The Morgan fingerprint density at radius 3 is 3.00 bits per heavy atom. The Bertz CT molecular complexity index is 332. The lowest BCUT2D eigenvalue weighted by molar-refractivity contribution is -0.139. The van der Waals surface area contributed by atoms with Crippen LogP contribution in [0.2, 0.25) is 0 Å². The number of rotatable bonds is 3. The molecule has 2 rings (SSSR count). The molecular formula is C10H13NO3. The molecule has 14 heavy (non-hydrogen) atoms. The van der Waals surface area contributed by atoms with Crippen molar-refractivity contribution in [3.63, 3.8) is 0 Å². The van der Waals surface area contributed by atoms with E-state index in [9.17, 15) is 4.79 Å². The number of esters is 1. The first-order chi connectivity index (χ1) is 6.75. The minimum atomic E-state index is -0.166. The Morgan fingerprint density at radius 2 is 2.43 bits per heavy atom. The van der Waals surface area contributed by atoms with Gasteiger partial charge < -0.3 is 9.15 Å². The van der Waals surface area contributed by atoms with Crippen LogP contribution in [0.5, 0.6) is 0 Å². The fourth-order valence-corrected chi connectivity index (χ4v) is 1.49. The van der Waals surface area contributed by atoms with Crippen molar-refractivity contribution in [2.24, 2.45) is 0 Å². The first-order valence-corrected chi connectivity index (χ1v) is 4.71. The molecule has 0 bridgehead atoms. The van der Waals surface area contributed by atoms with E-state index in [1.54, 1.807) is 0 Å². The van der Waals surface area contributed by atoms with Gasteiger partial charge in [-0.25, -0.2) is 0 Å². The first kappa shape index (κ1) is 9.27. The summed E-state index contributed by atoms with van der Waals surface area (Å²) in [6.07, 6.45) is 0.749. The topological polar surface area (TPSA) is 51.5 Å². The van der Waals surface area contributed by atoms with Crippen molar-refractivity contribution in [3.05, 3.63) is 23.7 Å². The molecule has 0 aromatic carbocycles. The quantitative estimate of drug-likeness (QED) is 0.731. The third-order valence-electron chi connectivity index (χ3n) is 2.25. The third-order valence-corrected chi connectivity index (χ3v) is 2.25. The van der Waals surface area contributed by atoms with E-state index in [2.05, 4.69) is 5.32 Å². The van der Waals surface area contributed by atoms with Gasteiger partial charge in [0.25, 0.3) is 0 Å². The Kier molecular flexibility index (Phi) is 2.54. The lowest BCUT2D eigenvalue weighted by Crippen LogP contribution is -2.32. The molecule has 1 saturated heterocycles. The van der Waals surface area contributed by atoms with E-state index in [1.807, 2.05) is 19.1 Å². The number of hydrogen-bond acceptors (Lipinski definition) is 4. The highest BCUT2D eigenvalue weighted by atomic mass is 16.5. The SMILES string of the molecule is Cc1ccc(CNC2CCOC2=O)o1. The second kappa shape index (κ2) is 3.84. The molecule has 1 aliphatic rings. The summed E-state index contributed by atoms with van der Waals surface area (Å²) < 4.78 is 10.2. The summed E-state index contributed by atoms with van der Waals surface area (Å²) in [6.45, 7) is 2.99. The summed E-state index contributed by atoms with van der Waals surface area (Å²) in [6, 6.07) is 3.65. The van der Waals surface area contributed by atoms with E-state index in [1.165, 1.54) is 0 Å². The van der Waals surface area contributed by atoms with Crippen molar-refractivity contribution in [2.75, 3.05) is 6.61 Å². The number of furan rings is 1. The van der Waals surface area contributed by atoms with Crippen LogP contribution in [0.1, 0.15) is 17.9 Å². The predicted octanol–water partition coefficient (Wildman–Crippen LogP) is 0.993. The molecule has 1 atom stereocenters. The monoisotopic (exact) mass is 195 g/mol. The summed E-state index contributed by atoms with van der Waals surface area (Å²) in [5.74, 6) is 1.58. The van der Waals surface area contributed by atoms with Crippen molar-refractivity contribution < 1.29 is 13.9 Å². The maximum absolute atomic E-state index is 11.1. The molecule has 1 unspecified atom stereocenters. The summed E-state index contributed by atoms with van der Waals surface area (Å²) in [5, 5.41) is 3.09. The molecule has 76 valence electrons. The highest BCUT2D eigenvalue weighted by Crippen LogP contribution is 2.09. The fourth-order valence-electron chi connectivity index (χ4n) is 1.49. The molecule has 2 heterocycles. The number of ether oxygens (including phenoxy) is 1. The number of carbonyl (C=O) groups excluding carboxylic acids is 1. The van der Waals surface area contributed by atoms with Gasteiger partial charge in [0, 0.05) is 6.42 Å². The molecule has 1 N–H and O–H groups in total. The Morgan fingerprint density at radius 1 is 1.57 bits per heavy atom. The lowest BCUT2D eigenvalue weighted by Gasteiger charge is -2.05. The van der Waals surface area contributed by atoms with Crippen LogP contribution in [0.15, 0.2) is 16.5 Å². The maximum Gasteiger partial charge on any atom is 0.323 e. The van der Waals surface area contributed by atoms with Gasteiger partial charge >= 0.3 is 5.97 Å². The van der Waals surface area contributed by atoms with Crippen LogP contribution in [0.4, 0.5) is 0 Å². The largest absolute Gasteiger partial charge is 0.465 e. The molecule has 1 fully saturated rings. The molecule has 1 aromatic rings. The van der Waals surface area contributed by atoms with E-state index in [0.29, 0.717) is 13.2 Å². The van der Waals surface area contributed by atoms with Gasteiger partial charge in [-0.1, -0.05) is 0 Å². The van der Waals surface area contributed by atoms with Gasteiger partial charge in [0.15, 0.2) is 0 Å². The van der Waals surface area contributed by atoms with Gasteiger partial charge in [0.1, 0.15) is 17.6 Å². The van der Waals surface area contributed by atoms with Gasteiger partial charge in [-0.2, -0.15) is 0 Å². The van der Waals surface area contributed by atoms with Crippen molar-refractivity contribution in [1.29, 1.82) is 0 Å². The molecule has 0 saturated carbocycles. The molecule has 4 heteroatoms. The minimum Gasteiger partial charge on any atom is -0.465 e. The normalized spacial score (nSPS) is 21.2. The van der Waals surface area contributed by atoms with Crippen LogP contribution in [0.3, 0.4) is 0 Å². The second-order valence-corrected chi connectivity index (χ2v) is 3.40. The van der Waals surface area contributed by atoms with Gasteiger partial charge in [-0.15, -0.1) is 0 Å². The average Bonchev–Trinajstić information content (AvgIpc) is 2.72. The molecule has 1 aliphatic heterocycles. The number of aryl methyl sites for hydroxylation is 1. The summed E-state index contributed by atoms with van der Waals surface area (Å²) in [4.78, 5) is 11.1. The fraction of sp³-hybridized carbons (Fsp3) is 0.500. The molecule has 0 radical (unpaired) electrons. The van der Waals surface area contributed by atoms with Crippen LogP contribution >= 0.6 is 0 Å². The molecule has 0 amide bonds. The van der Waals surface area contributed by atoms with Gasteiger partial charge in [-0.05, 0) is 19.1 Å². The Hall–Kier alpha value is -1.29. The van der Waals surface area contributed by atoms with E-state index >= 15 is 0 Å². The van der Waals surface area contributed by atoms with Gasteiger partial charge in [-0.3, -0.25) is 10.1 Å². The van der Waals surface area contributed by atoms with Crippen molar-refractivity contribution in [3.8, 4) is 0 Å². The highest BCUT2D eigenvalue weighted by molar-refractivity contribution is 5.77. The van der Waals surface area contributed by atoms with Crippen LogP contribution < -0.4 is 5.32 Å². The number of cyclic esters (lactones) is 1. The molecule has 1 aromatic heterocycles. The smallest absolute Gasteiger partial charge is 0.323 e. The molecule has 4 nitrogen and oxygen atoms in total. The highest BCUT2D eigenvalue weighted by Gasteiger charge is 2.25. The molecular weight excluding hydrogens is 182 g/mol. The Balaban J connectivity index is 1.85. The van der Waals surface area contributed by atoms with Crippen molar-refractivity contribution >= 4 is 5.97 Å². The van der Waals surface area contributed by atoms with Crippen LogP contribution in [-0.4, -0.2) is 18.6 Å². The van der Waals surface area contributed by atoms with Gasteiger partial charge in [0.05, 0.1) is 13.2 Å². The van der Waals surface area contributed by atoms with Crippen molar-refractivity contribution in [2.45, 2.75) is 25.9 Å². The molecule has 0 spiro atoms. The standard InChI is InChI=1S/C10H13NO3/c1-7-2-3-8(14-7)6-11-9-4-5-13-10(9)12/h2-3,9,11H,4-6H2,1H3. The van der Waals surface area contributed by atoms with E-state index < -0.39 is 0 Å². The molecule has 0 aliphatic carbocycles. The third kappa shape index (κ3) is 1.96. The lowest BCUT2D eigenvalue weighted by atomic mass is 10.2. The zero-order chi connectivity index (χ0) is 9.97. The van der Waals surface area contributed by atoms with Crippen LogP contribution in [0, 0.1) is 6.92 Å². The summed E-state index contributed by atoms with van der Waals surface area (Å²) in [7, 11) is 0. The van der Waals surface area contributed by atoms with Crippen LogP contribution in [0.25, 0.3) is 0 Å². The number of hydrogen-bond donors (Lipinski definition) is 1. The van der Waals surface area contributed by atoms with Crippen LogP contribution in [-0.2, 0) is 16.1 Å². The zero-order valence-electron chi connectivity index (χ0n) is 8.08. The second-order valence-electron chi connectivity index (χ2n) is 3.40. The van der Waals surface area contributed by atoms with Crippen molar-refractivity contribution in [1.82, 2.24) is 5.32 Å². The van der Waals surface area contributed by atoms with Gasteiger partial charge in [0.2, 0.25) is 0 Å². The minimum absolute atomic E-state index is 0.159. The van der Waals surface area contributed by atoms with E-state index in [0.717, 1.165) is 17.9 Å². The zero-order valence-corrected chi connectivity index (χ0v) is 8.08. The maximum atomic E-state index is 11.1. The van der Waals surface area contributed by atoms with E-state index in [-0.39, 0.29) is 12.0 Å². The average molecular weight is 195 g/mol. The Labute approximate surface area is 82.2 Å². The number of carbonyl (C=O) groups is 1.